The smallest absolute Gasteiger partial charge is 0.170 e. The fourth-order valence-corrected chi connectivity index (χ4v) is 2.86. The zero-order chi connectivity index (χ0) is 19.8. The molecular weight excluding hydrogens is 422 g/mol. The molecule has 1 heterocycles. The second-order valence-corrected chi connectivity index (χ2v) is 6.80. The molecule has 0 amide bonds. The van der Waals surface area contributed by atoms with Crippen molar-refractivity contribution in [2.45, 2.75) is 13.2 Å². The van der Waals surface area contributed by atoms with E-state index in [4.69, 9.17) is 20.0 Å². The van der Waals surface area contributed by atoms with E-state index in [2.05, 4.69) is 26.1 Å². The number of pyridine rings is 1. The first-order chi connectivity index (χ1) is 13.7. The number of ether oxygens (including phenoxy) is 2. The molecular formula is C21H20BrN3O3. The van der Waals surface area contributed by atoms with E-state index in [-0.39, 0.29) is 12.4 Å². The van der Waals surface area contributed by atoms with Crippen LogP contribution in [0.15, 0.2) is 76.6 Å². The molecule has 0 aliphatic rings. The predicted octanol–water partition coefficient (Wildman–Crippen LogP) is 4.27. The lowest BCUT2D eigenvalue weighted by Crippen LogP contribution is -2.13. The summed E-state index contributed by atoms with van der Waals surface area (Å²) in [7, 11) is 1.61. The lowest BCUT2D eigenvalue weighted by atomic mass is 10.2. The molecule has 3 rings (SSSR count). The molecule has 0 fully saturated rings. The van der Waals surface area contributed by atoms with Crippen LogP contribution in [-0.2, 0) is 18.1 Å². The van der Waals surface area contributed by atoms with Gasteiger partial charge in [-0.05, 0) is 48.5 Å². The lowest BCUT2D eigenvalue weighted by molar-refractivity contribution is 0.128. The van der Waals surface area contributed by atoms with Crippen molar-refractivity contribution < 1.29 is 14.3 Å². The molecule has 0 saturated carbocycles. The number of rotatable bonds is 8. The van der Waals surface area contributed by atoms with Gasteiger partial charge in [-0.15, -0.1) is 0 Å². The van der Waals surface area contributed by atoms with Gasteiger partial charge in [-0.3, -0.25) is 4.98 Å². The highest BCUT2D eigenvalue weighted by molar-refractivity contribution is 9.10. The molecule has 0 saturated heterocycles. The van der Waals surface area contributed by atoms with Gasteiger partial charge >= 0.3 is 0 Å². The minimum Gasteiger partial charge on any atom is -0.496 e. The number of benzene rings is 2. The first kappa shape index (κ1) is 19.7. The van der Waals surface area contributed by atoms with E-state index < -0.39 is 0 Å². The molecule has 2 aromatic carbocycles. The summed E-state index contributed by atoms with van der Waals surface area (Å²) < 4.78 is 12.0. The molecule has 7 heteroatoms. The maximum Gasteiger partial charge on any atom is 0.170 e. The standard InChI is InChI=1S/C21H20BrN3O3/c1-26-20-9-6-18(22)11-17(20)14-28-25-21(23)16-4-7-19(8-5-16)27-13-15-3-2-10-24-12-15/h2-12H,13-14H2,1H3,(H2,23,25). The van der Waals surface area contributed by atoms with Crippen molar-refractivity contribution >= 4 is 21.8 Å². The summed E-state index contributed by atoms with van der Waals surface area (Å²) in [6.07, 6.45) is 3.51. The van der Waals surface area contributed by atoms with Gasteiger partial charge in [-0.1, -0.05) is 27.2 Å². The van der Waals surface area contributed by atoms with Gasteiger partial charge in [0.05, 0.1) is 7.11 Å². The predicted molar refractivity (Wildman–Crippen MR) is 111 cm³/mol. The van der Waals surface area contributed by atoms with E-state index in [1.54, 1.807) is 19.5 Å². The van der Waals surface area contributed by atoms with Crippen LogP contribution in [0.1, 0.15) is 16.7 Å². The van der Waals surface area contributed by atoms with Crippen molar-refractivity contribution in [2.75, 3.05) is 7.11 Å². The lowest BCUT2D eigenvalue weighted by Gasteiger charge is -2.09. The van der Waals surface area contributed by atoms with Crippen LogP contribution < -0.4 is 15.2 Å². The van der Waals surface area contributed by atoms with E-state index in [1.165, 1.54) is 0 Å². The summed E-state index contributed by atoms with van der Waals surface area (Å²) in [5.74, 6) is 1.75. The fraction of sp³-hybridized carbons (Fsp3) is 0.143. The van der Waals surface area contributed by atoms with Crippen LogP contribution in [0.5, 0.6) is 11.5 Å². The third-order valence-corrected chi connectivity index (χ3v) is 4.40. The Morgan fingerprint density at radius 1 is 1.11 bits per heavy atom. The quantitative estimate of drug-likeness (QED) is 0.320. The molecule has 28 heavy (non-hydrogen) atoms. The summed E-state index contributed by atoms with van der Waals surface area (Å²) in [5, 5.41) is 3.99. The van der Waals surface area contributed by atoms with Crippen molar-refractivity contribution in [1.82, 2.24) is 4.98 Å². The number of hydrogen-bond acceptors (Lipinski definition) is 5. The molecule has 0 radical (unpaired) electrons. The zero-order valence-electron chi connectivity index (χ0n) is 15.3. The molecule has 6 nitrogen and oxygen atoms in total. The molecule has 0 spiro atoms. The van der Waals surface area contributed by atoms with Crippen LogP contribution >= 0.6 is 15.9 Å². The van der Waals surface area contributed by atoms with Gasteiger partial charge in [0.15, 0.2) is 5.84 Å². The Morgan fingerprint density at radius 3 is 2.64 bits per heavy atom. The van der Waals surface area contributed by atoms with Crippen molar-refractivity contribution in [2.24, 2.45) is 10.9 Å². The van der Waals surface area contributed by atoms with Crippen LogP contribution in [0.3, 0.4) is 0 Å². The second-order valence-electron chi connectivity index (χ2n) is 5.88. The maximum absolute atomic E-state index is 6.01. The molecule has 2 N–H and O–H groups in total. The average Bonchev–Trinajstić information content (AvgIpc) is 2.73. The first-order valence-electron chi connectivity index (χ1n) is 8.55. The van der Waals surface area contributed by atoms with E-state index in [0.29, 0.717) is 6.61 Å². The minimum absolute atomic E-state index is 0.246. The van der Waals surface area contributed by atoms with Gasteiger partial charge in [-0.2, -0.15) is 0 Å². The molecule has 0 unspecified atom stereocenters. The molecule has 0 aliphatic carbocycles. The zero-order valence-corrected chi connectivity index (χ0v) is 16.9. The number of nitrogens with two attached hydrogens (primary N) is 1. The molecule has 1 aromatic heterocycles. The highest BCUT2D eigenvalue weighted by Gasteiger charge is 2.05. The molecule has 144 valence electrons. The Hall–Kier alpha value is -3.06. The SMILES string of the molecule is COc1ccc(Br)cc1CO/N=C(/N)c1ccc(OCc2cccnc2)cc1. The maximum atomic E-state index is 6.01. The van der Waals surface area contributed by atoms with Gasteiger partial charge in [0.2, 0.25) is 0 Å². The molecule has 0 aliphatic heterocycles. The number of aromatic nitrogens is 1. The molecule has 0 bridgehead atoms. The summed E-state index contributed by atoms with van der Waals surface area (Å²) in [6.45, 7) is 0.698. The third-order valence-electron chi connectivity index (χ3n) is 3.90. The number of oxime groups is 1. The van der Waals surface area contributed by atoms with E-state index in [9.17, 15) is 0 Å². The van der Waals surface area contributed by atoms with Gasteiger partial charge in [-0.25, -0.2) is 0 Å². The van der Waals surface area contributed by atoms with Gasteiger partial charge in [0.25, 0.3) is 0 Å². The summed E-state index contributed by atoms with van der Waals surface area (Å²) in [6, 6.07) is 16.9. The minimum atomic E-state index is 0.246. The van der Waals surface area contributed by atoms with Crippen LogP contribution in [0.2, 0.25) is 0 Å². The van der Waals surface area contributed by atoms with E-state index in [1.807, 2.05) is 54.6 Å². The van der Waals surface area contributed by atoms with Gasteiger partial charge in [0.1, 0.15) is 24.7 Å². The number of methoxy groups -OCH3 is 1. The second kappa shape index (κ2) is 9.75. The normalized spacial score (nSPS) is 11.1. The largest absolute Gasteiger partial charge is 0.496 e. The summed E-state index contributed by atoms with van der Waals surface area (Å²) >= 11 is 3.43. The highest BCUT2D eigenvalue weighted by atomic mass is 79.9. The van der Waals surface area contributed by atoms with Crippen molar-refractivity contribution in [3.63, 3.8) is 0 Å². The topological polar surface area (TPSA) is 79.0 Å². The number of nitrogens with zero attached hydrogens (tertiary/aromatic N) is 2. The van der Waals surface area contributed by atoms with Crippen LogP contribution in [-0.4, -0.2) is 17.9 Å². The first-order valence-corrected chi connectivity index (χ1v) is 9.35. The highest BCUT2D eigenvalue weighted by Crippen LogP contribution is 2.23. The van der Waals surface area contributed by atoms with Gasteiger partial charge in [0, 0.05) is 33.6 Å². The molecule has 0 atom stereocenters. The Balaban J connectivity index is 1.56. The Kier molecular flexibility index (Phi) is 6.86. The van der Waals surface area contributed by atoms with Gasteiger partial charge < -0.3 is 20.0 Å². The summed E-state index contributed by atoms with van der Waals surface area (Å²) in [4.78, 5) is 9.46. The number of halogens is 1. The van der Waals surface area contributed by atoms with Crippen LogP contribution in [0, 0.1) is 0 Å². The number of hydrogen-bond donors (Lipinski definition) is 1. The van der Waals surface area contributed by atoms with Crippen molar-refractivity contribution in [3.05, 3.63) is 88.2 Å². The monoisotopic (exact) mass is 441 g/mol. The van der Waals surface area contributed by atoms with Crippen LogP contribution in [0.25, 0.3) is 0 Å². The Morgan fingerprint density at radius 2 is 1.93 bits per heavy atom. The number of amidine groups is 1. The van der Waals surface area contributed by atoms with Crippen molar-refractivity contribution in [3.8, 4) is 11.5 Å². The summed E-state index contributed by atoms with van der Waals surface area (Å²) in [5.41, 5.74) is 8.63. The van der Waals surface area contributed by atoms with Crippen molar-refractivity contribution in [1.29, 1.82) is 0 Å². The van der Waals surface area contributed by atoms with Crippen LogP contribution in [0.4, 0.5) is 0 Å². The van der Waals surface area contributed by atoms with E-state index in [0.717, 1.165) is 32.7 Å². The Bertz CT molecular complexity index is 931. The fourth-order valence-electron chi connectivity index (χ4n) is 2.46. The Labute approximate surface area is 172 Å². The average molecular weight is 442 g/mol. The van der Waals surface area contributed by atoms with E-state index >= 15 is 0 Å². The third kappa shape index (κ3) is 5.47. The molecule has 3 aromatic rings.